The second-order valence-electron chi connectivity index (χ2n) is 5.47. The Labute approximate surface area is 165 Å². The number of carbonyl (C=O) groups excluding carboxylic acids is 1. The number of hydrogen-bond acceptors (Lipinski definition) is 4. The van der Waals surface area contributed by atoms with E-state index in [1.54, 1.807) is 0 Å². The molecule has 0 aliphatic rings. The van der Waals surface area contributed by atoms with Crippen LogP contribution in [0.5, 0.6) is 0 Å². The number of aromatic nitrogens is 1. The standard InChI is InChI=1S/C17H12BrF4N3OS/c1-8-5-12(17(20,21)22)11(7-23)16(24-8)27-9(2)15(26)25-14-4-3-10(18)6-13(14)19/h3-6,9H,1-2H3,(H,25,26). The lowest BCUT2D eigenvalue weighted by Gasteiger charge is -2.16. The number of carbonyl (C=O) groups is 1. The number of benzene rings is 1. The molecule has 0 radical (unpaired) electrons. The number of aryl methyl sites for hydroxylation is 1. The maximum atomic E-state index is 13.8. The van der Waals surface area contributed by atoms with Gasteiger partial charge in [-0.05, 0) is 38.1 Å². The van der Waals surface area contributed by atoms with E-state index in [1.165, 1.54) is 38.1 Å². The Kier molecular flexibility index (Phi) is 6.49. The van der Waals surface area contributed by atoms with Crippen molar-refractivity contribution in [3.05, 3.63) is 51.4 Å². The molecule has 0 fully saturated rings. The minimum atomic E-state index is -4.72. The molecule has 1 atom stereocenters. The predicted octanol–water partition coefficient (Wildman–Crippen LogP) is 5.30. The molecule has 0 spiro atoms. The van der Waals surface area contributed by atoms with Crippen molar-refractivity contribution in [3.63, 3.8) is 0 Å². The second kappa shape index (κ2) is 8.27. The molecular weight excluding hydrogens is 450 g/mol. The van der Waals surface area contributed by atoms with Crippen LogP contribution in [0.15, 0.2) is 33.8 Å². The van der Waals surface area contributed by atoms with Gasteiger partial charge in [0.1, 0.15) is 16.9 Å². The third-order valence-electron chi connectivity index (χ3n) is 3.38. The maximum absolute atomic E-state index is 13.8. The molecule has 0 saturated carbocycles. The van der Waals surface area contributed by atoms with Crippen molar-refractivity contribution in [2.24, 2.45) is 0 Å². The van der Waals surface area contributed by atoms with E-state index < -0.39 is 34.3 Å². The Morgan fingerprint density at radius 3 is 2.59 bits per heavy atom. The number of alkyl halides is 3. The molecule has 2 aromatic rings. The number of thioether (sulfide) groups is 1. The first-order valence-corrected chi connectivity index (χ1v) is 9.11. The van der Waals surface area contributed by atoms with Crippen molar-refractivity contribution >= 4 is 39.3 Å². The molecule has 10 heteroatoms. The van der Waals surface area contributed by atoms with Gasteiger partial charge < -0.3 is 5.32 Å². The Balaban J connectivity index is 2.27. The fraction of sp³-hybridized carbons (Fsp3) is 0.235. The number of anilines is 1. The fourth-order valence-corrected chi connectivity index (χ4v) is 3.41. The summed E-state index contributed by atoms with van der Waals surface area (Å²) in [7, 11) is 0. The second-order valence-corrected chi connectivity index (χ2v) is 7.72. The Morgan fingerprint density at radius 2 is 2.04 bits per heavy atom. The van der Waals surface area contributed by atoms with Gasteiger partial charge in [0.25, 0.3) is 0 Å². The summed E-state index contributed by atoms with van der Waals surface area (Å²) in [6, 6.07) is 6.33. The third kappa shape index (κ3) is 5.20. The summed E-state index contributed by atoms with van der Waals surface area (Å²) in [5.41, 5.74) is -1.75. The van der Waals surface area contributed by atoms with Crippen LogP contribution >= 0.6 is 27.7 Å². The molecule has 1 N–H and O–H groups in total. The van der Waals surface area contributed by atoms with Crippen LogP contribution in [0.2, 0.25) is 0 Å². The molecule has 1 unspecified atom stereocenters. The summed E-state index contributed by atoms with van der Waals surface area (Å²) in [4.78, 5) is 16.2. The molecule has 0 aliphatic heterocycles. The lowest BCUT2D eigenvalue weighted by Crippen LogP contribution is -2.23. The maximum Gasteiger partial charge on any atom is 0.417 e. The minimum absolute atomic E-state index is 0.0652. The quantitative estimate of drug-likeness (QED) is 0.495. The van der Waals surface area contributed by atoms with E-state index in [4.69, 9.17) is 5.26 Å². The molecule has 0 bridgehead atoms. The number of hydrogen-bond donors (Lipinski definition) is 1. The SMILES string of the molecule is Cc1cc(C(F)(F)F)c(C#N)c(SC(C)C(=O)Nc2ccc(Br)cc2F)n1. The third-order valence-corrected chi connectivity index (χ3v) is 4.96. The fourth-order valence-electron chi connectivity index (χ4n) is 2.11. The molecule has 1 aromatic carbocycles. The van der Waals surface area contributed by atoms with Crippen LogP contribution in [0.4, 0.5) is 23.2 Å². The lowest BCUT2D eigenvalue weighted by atomic mass is 10.1. The van der Waals surface area contributed by atoms with Crippen LogP contribution in [-0.4, -0.2) is 16.1 Å². The van der Waals surface area contributed by atoms with Gasteiger partial charge in [-0.15, -0.1) is 0 Å². The highest BCUT2D eigenvalue weighted by molar-refractivity contribution is 9.10. The molecule has 27 heavy (non-hydrogen) atoms. The number of nitriles is 1. The van der Waals surface area contributed by atoms with Gasteiger partial charge in [0, 0.05) is 10.2 Å². The Bertz CT molecular complexity index is 928. The van der Waals surface area contributed by atoms with E-state index >= 15 is 0 Å². The largest absolute Gasteiger partial charge is 0.417 e. The molecule has 4 nitrogen and oxygen atoms in total. The van der Waals surface area contributed by atoms with Crippen LogP contribution in [0, 0.1) is 24.1 Å². The van der Waals surface area contributed by atoms with Crippen molar-refractivity contribution in [2.75, 3.05) is 5.32 Å². The van der Waals surface area contributed by atoms with Crippen LogP contribution in [0.25, 0.3) is 0 Å². The van der Waals surface area contributed by atoms with Gasteiger partial charge in [-0.25, -0.2) is 9.37 Å². The number of pyridine rings is 1. The van der Waals surface area contributed by atoms with Crippen molar-refractivity contribution in [1.82, 2.24) is 4.98 Å². The lowest BCUT2D eigenvalue weighted by molar-refractivity contribution is -0.138. The highest BCUT2D eigenvalue weighted by Crippen LogP contribution is 2.37. The topological polar surface area (TPSA) is 65.8 Å². The van der Waals surface area contributed by atoms with Gasteiger partial charge in [-0.3, -0.25) is 4.79 Å². The van der Waals surface area contributed by atoms with Crippen LogP contribution in [-0.2, 0) is 11.0 Å². The zero-order valence-electron chi connectivity index (χ0n) is 14.0. The first-order valence-electron chi connectivity index (χ1n) is 7.44. The van der Waals surface area contributed by atoms with E-state index in [1.807, 2.05) is 0 Å². The molecular formula is C17H12BrF4N3OS. The van der Waals surface area contributed by atoms with Crippen molar-refractivity contribution in [1.29, 1.82) is 5.26 Å². The molecule has 0 aliphatic carbocycles. The van der Waals surface area contributed by atoms with Crippen LogP contribution < -0.4 is 5.32 Å². The average molecular weight is 462 g/mol. The van der Waals surface area contributed by atoms with Crippen LogP contribution in [0.1, 0.15) is 23.7 Å². The average Bonchev–Trinajstić information content (AvgIpc) is 2.56. The van der Waals surface area contributed by atoms with Gasteiger partial charge in [-0.1, -0.05) is 27.7 Å². The first kappa shape index (κ1) is 21.2. The summed E-state index contributed by atoms with van der Waals surface area (Å²) < 4.78 is 53.7. The first-order chi connectivity index (χ1) is 12.5. The number of nitrogens with one attached hydrogen (secondary N) is 1. The summed E-state index contributed by atoms with van der Waals surface area (Å²) in [5, 5.41) is 10.4. The van der Waals surface area contributed by atoms with E-state index in [2.05, 4.69) is 26.2 Å². The molecule has 1 aromatic heterocycles. The smallest absolute Gasteiger partial charge is 0.323 e. The number of nitrogens with zero attached hydrogens (tertiary/aromatic N) is 2. The van der Waals surface area contributed by atoms with E-state index in [0.29, 0.717) is 16.2 Å². The zero-order valence-corrected chi connectivity index (χ0v) is 16.4. The molecule has 0 saturated heterocycles. The van der Waals surface area contributed by atoms with Gasteiger partial charge in [0.05, 0.1) is 22.1 Å². The number of amides is 1. The highest BCUT2D eigenvalue weighted by atomic mass is 79.9. The van der Waals surface area contributed by atoms with Crippen LogP contribution in [0.3, 0.4) is 0 Å². The van der Waals surface area contributed by atoms with Gasteiger partial charge in [0.15, 0.2) is 0 Å². The van der Waals surface area contributed by atoms with Crippen molar-refractivity contribution in [2.45, 2.75) is 30.3 Å². The highest BCUT2D eigenvalue weighted by Gasteiger charge is 2.36. The van der Waals surface area contributed by atoms with E-state index in [-0.39, 0.29) is 16.4 Å². The van der Waals surface area contributed by atoms with Crippen molar-refractivity contribution in [3.8, 4) is 6.07 Å². The predicted molar refractivity (Wildman–Crippen MR) is 96.7 cm³/mol. The summed E-state index contributed by atoms with van der Waals surface area (Å²) in [6.45, 7) is 2.79. The normalized spacial score (nSPS) is 12.4. The van der Waals surface area contributed by atoms with Gasteiger partial charge >= 0.3 is 6.18 Å². The Morgan fingerprint density at radius 1 is 1.37 bits per heavy atom. The molecule has 2 rings (SSSR count). The van der Waals surface area contributed by atoms with E-state index in [9.17, 15) is 22.4 Å². The molecule has 1 heterocycles. The monoisotopic (exact) mass is 461 g/mol. The zero-order chi connectivity index (χ0) is 20.4. The molecule has 1 amide bonds. The minimum Gasteiger partial charge on any atom is -0.323 e. The number of rotatable bonds is 4. The summed E-state index contributed by atoms with van der Waals surface area (Å²) in [5.74, 6) is -1.30. The Hall–Kier alpha value is -2.12. The van der Waals surface area contributed by atoms with E-state index in [0.717, 1.165) is 6.07 Å². The van der Waals surface area contributed by atoms with Gasteiger partial charge in [0.2, 0.25) is 5.91 Å². The molecule has 142 valence electrons. The summed E-state index contributed by atoms with van der Waals surface area (Å²) in [6.07, 6.45) is -4.72. The summed E-state index contributed by atoms with van der Waals surface area (Å²) >= 11 is 3.79. The number of halogens is 5. The van der Waals surface area contributed by atoms with Gasteiger partial charge in [-0.2, -0.15) is 18.4 Å². The van der Waals surface area contributed by atoms with Crippen molar-refractivity contribution < 1.29 is 22.4 Å².